The fraction of sp³-hybridized carbons (Fsp3) is 0.667. The SMILES string of the molecule is CCCn1cc(Cl)cc1C(=O)NC1CCCCC1CN. The molecule has 1 saturated carbocycles. The fourth-order valence-electron chi connectivity index (χ4n) is 3.01. The molecule has 1 aliphatic rings. The molecule has 0 aliphatic heterocycles. The van der Waals surface area contributed by atoms with E-state index in [0.29, 0.717) is 23.2 Å². The maximum Gasteiger partial charge on any atom is 0.268 e. The monoisotopic (exact) mass is 297 g/mol. The van der Waals surface area contributed by atoms with Gasteiger partial charge in [0.2, 0.25) is 0 Å². The van der Waals surface area contributed by atoms with Crippen molar-refractivity contribution in [2.45, 2.75) is 51.6 Å². The second kappa shape index (κ2) is 7.14. The Balaban J connectivity index is 2.07. The number of nitrogens with two attached hydrogens (primary N) is 1. The van der Waals surface area contributed by atoms with Gasteiger partial charge in [-0.05, 0) is 37.8 Å². The van der Waals surface area contributed by atoms with Crippen molar-refractivity contribution in [1.29, 1.82) is 0 Å². The molecule has 112 valence electrons. The molecule has 1 heterocycles. The summed E-state index contributed by atoms with van der Waals surface area (Å²) in [5.74, 6) is 0.369. The van der Waals surface area contributed by atoms with Gasteiger partial charge in [0.25, 0.3) is 5.91 Å². The summed E-state index contributed by atoms with van der Waals surface area (Å²) in [6, 6.07) is 1.94. The first-order chi connectivity index (χ1) is 9.65. The summed E-state index contributed by atoms with van der Waals surface area (Å²) in [4.78, 5) is 12.5. The zero-order valence-electron chi connectivity index (χ0n) is 12.1. The van der Waals surface area contributed by atoms with Crippen LogP contribution in [0.4, 0.5) is 0 Å². The molecule has 0 spiro atoms. The average Bonchev–Trinajstić information content (AvgIpc) is 2.81. The van der Waals surface area contributed by atoms with Crippen LogP contribution in [0.2, 0.25) is 5.02 Å². The van der Waals surface area contributed by atoms with E-state index in [4.69, 9.17) is 17.3 Å². The van der Waals surface area contributed by atoms with Gasteiger partial charge < -0.3 is 15.6 Å². The van der Waals surface area contributed by atoms with Gasteiger partial charge in [0.05, 0.1) is 5.02 Å². The first kappa shape index (κ1) is 15.4. The molecular weight excluding hydrogens is 274 g/mol. The largest absolute Gasteiger partial charge is 0.348 e. The number of carbonyl (C=O) groups excluding carboxylic acids is 1. The van der Waals surface area contributed by atoms with Crippen LogP contribution in [-0.4, -0.2) is 23.1 Å². The van der Waals surface area contributed by atoms with Crippen molar-refractivity contribution in [1.82, 2.24) is 9.88 Å². The summed E-state index contributed by atoms with van der Waals surface area (Å²) in [5, 5.41) is 3.76. The molecule has 1 fully saturated rings. The van der Waals surface area contributed by atoms with Crippen LogP contribution >= 0.6 is 11.6 Å². The lowest BCUT2D eigenvalue weighted by molar-refractivity contribution is 0.0898. The van der Waals surface area contributed by atoms with Crippen LogP contribution < -0.4 is 11.1 Å². The molecule has 3 N–H and O–H groups in total. The summed E-state index contributed by atoms with van der Waals surface area (Å²) >= 11 is 6.02. The first-order valence-electron chi connectivity index (χ1n) is 7.52. The van der Waals surface area contributed by atoms with Crippen LogP contribution in [0.3, 0.4) is 0 Å². The van der Waals surface area contributed by atoms with Gasteiger partial charge in [-0.25, -0.2) is 0 Å². The highest BCUT2D eigenvalue weighted by Crippen LogP contribution is 2.24. The molecule has 4 nitrogen and oxygen atoms in total. The van der Waals surface area contributed by atoms with Crippen LogP contribution in [0.1, 0.15) is 49.5 Å². The van der Waals surface area contributed by atoms with E-state index in [-0.39, 0.29) is 11.9 Å². The van der Waals surface area contributed by atoms with Crippen LogP contribution in [-0.2, 0) is 6.54 Å². The molecule has 1 amide bonds. The summed E-state index contributed by atoms with van der Waals surface area (Å²) in [6.45, 7) is 3.53. The van der Waals surface area contributed by atoms with Crippen LogP contribution in [0, 0.1) is 5.92 Å². The predicted molar refractivity (Wildman–Crippen MR) is 82.0 cm³/mol. The lowest BCUT2D eigenvalue weighted by Gasteiger charge is -2.31. The minimum absolute atomic E-state index is 0.0318. The van der Waals surface area contributed by atoms with Crippen molar-refractivity contribution in [2.75, 3.05) is 6.54 Å². The van der Waals surface area contributed by atoms with Gasteiger partial charge in [-0.3, -0.25) is 4.79 Å². The van der Waals surface area contributed by atoms with Crippen LogP contribution in [0.15, 0.2) is 12.3 Å². The van der Waals surface area contributed by atoms with E-state index in [2.05, 4.69) is 12.2 Å². The molecule has 2 atom stereocenters. The van der Waals surface area contributed by atoms with Gasteiger partial charge in [-0.15, -0.1) is 0 Å². The van der Waals surface area contributed by atoms with Gasteiger partial charge in [-0.1, -0.05) is 31.4 Å². The minimum Gasteiger partial charge on any atom is -0.348 e. The van der Waals surface area contributed by atoms with Gasteiger partial charge in [-0.2, -0.15) is 0 Å². The molecule has 20 heavy (non-hydrogen) atoms. The molecule has 0 saturated heterocycles. The summed E-state index contributed by atoms with van der Waals surface area (Å²) in [7, 11) is 0. The summed E-state index contributed by atoms with van der Waals surface area (Å²) in [5.41, 5.74) is 6.46. The van der Waals surface area contributed by atoms with Gasteiger partial charge in [0, 0.05) is 18.8 Å². The molecule has 1 aliphatic carbocycles. The number of aryl methyl sites for hydroxylation is 1. The number of carbonyl (C=O) groups is 1. The molecule has 0 aromatic carbocycles. The maximum atomic E-state index is 12.5. The highest BCUT2D eigenvalue weighted by Gasteiger charge is 2.26. The lowest BCUT2D eigenvalue weighted by atomic mass is 9.84. The zero-order chi connectivity index (χ0) is 14.5. The minimum atomic E-state index is -0.0318. The Labute approximate surface area is 125 Å². The number of nitrogens with one attached hydrogen (secondary N) is 1. The molecule has 5 heteroatoms. The normalized spacial score (nSPS) is 22.8. The van der Waals surface area contributed by atoms with Crippen LogP contribution in [0.5, 0.6) is 0 Å². The van der Waals surface area contributed by atoms with E-state index >= 15 is 0 Å². The Morgan fingerprint density at radius 2 is 2.25 bits per heavy atom. The van der Waals surface area contributed by atoms with Crippen molar-refractivity contribution in [3.63, 3.8) is 0 Å². The fourth-order valence-corrected chi connectivity index (χ4v) is 3.23. The average molecular weight is 298 g/mol. The Kier molecular flexibility index (Phi) is 5.49. The van der Waals surface area contributed by atoms with Gasteiger partial charge in [0.15, 0.2) is 0 Å². The third-order valence-corrected chi connectivity index (χ3v) is 4.30. The lowest BCUT2D eigenvalue weighted by Crippen LogP contribution is -2.45. The standard InChI is InChI=1S/C15H24ClN3O/c1-2-7-19-10-12(16)8-14(19)15(20)18-13-6-4-3-5-11(13)9-17/h8,10-11,13H,2-7,9,17H2,1H3,(H,18,20). The second-order valence-corrected chi connectivity index (χ2v) is 6.03. The van der Waals surface area contributed by atoms with E-state index < -0.39 is 0 Å². The van der Waals surface area contributed by atoms with E-state index in [9.17, 15) is 4.79 Å². The van der Waals surface area contributed by atoms with Crippen molar-refractivity contribution in [2.24, 2.45) is 11.7 Å². The highest BCUT2D eigenvalue weighted by molar-refractivity contribution is 6.31. The molecule has 2 rings (SSSR count). The van der Waals surface area contributed by atoms with E-state index in [0.717, 1.165) is 32.2 Å². The number of hydrogen-bond acceptors (Lipinski definition) is 2. The number of nitrogens with zero attached hydrogens (tertiary/aromatic N) is 1. The number of rotatable bonds is 5. The second-order valence-electron chi connectivity index (χ2n) is 5.60. The molecule has 1 aromatic heterocycles. The Bertz CT molecular complexity index is 458. The van der Waals surface area contributed by atoms with Gasteiger partial charge in [0.1, 0.15) is 5.69 Å². The van der Waals surface area contributed by atoms with Crippen molar-refractivity contribution in [3.05, 3.63) is 23.0 Å². The molecule has 2 unspecified atom stereocenters. The molecule has 1 aromatic rings. The topological polar surface area (TPSA) is 60.0 Å². The Morgan fingerprint density at radius 3 is 2.95 bits per heavy atom. The first-order valence-corrected chi connectivity index (χ1v) is 7.90. The quantitative estimate of drug-likeness (QED) is 0.878. The third kappa shape index (κ3) is 3.55. The summed E-state index contributed by atoms with van der Waals surface area (Å²) in [6.07, 6.45) is 7.31. The third-order valence-electron chi connectivity index (χ3n) is 4.09. The molecule has 0 bridgehead atoms. The van der Waals surface area contributed by atoms with E-state index in [1.54, 1.807) is 6.07 Å². The Hall–Kier alpha value is -1.00. The van der Waals surface area contributed by atoms with Gasteiger partial charge >= 0.3 is 0 Å². The van der Waals surface area contributed by atoms with Crippen molar-refractivity contribution in [3.8, 4) is 0 Å². The number of aromatic nitrogens is 1. The predicted octanol–water partition coefficient (Wildman–Crippen LogP) is 2.80. The van der Waals surface area contributed by atoms with Crippen LogP contribution in [0.25, 0.3) is 0 Å². The number of hydrogen-bond donors (Lipinski definition) is 2. The molecular formula is C15H24ClN3O. The van der Waals surface area contributed by atoms with E-state index in [1.165, 1.54) is 6.42 Å². The smallest absolute Gasteiger partial charge is 0.268 e. The summed E-state index contributed by atoms with van der Waals surface area (Å²) < 4.78 is 1.93. The molecule has 0 radical (unpaired) electrons. The Morgan fingerprint density at radius 1 is 1.50 bits per heavy atom. The maximum absolute atomic E-state index is 12.5. The van der Waals surface area contributed by atoms with E-state index in [1.807, 2.05) is 10.8 Å². The highest BCUT2D eigenvalue weighted by atomic mass is 35.5. The van der Waals surface area contributed by atoms with Crippen molar-refractivity contribution >= 4 is 17.5 Å². The van der Waals surface area contributed by atoms with Crippen molar-refractivity contribution < 1.29 is 4.79 Å². The number of amides is 1. The number of halogens is 1. The zero-order valence-corrected chi connectivity index (χ0v) is 12.8.